The molecule has 1 heterocycles. The van der Waals surface area contributed by atoms with Crippen LogP contribution in [0.4, 0.5) is 0 Å². The normalized spacial score (nSPS) is 15.3. The molecule has 1 aromatic rings. The minimum absolute atomic E-state index is 0.291. The molecule has 0 bridgehead atoms. The van der Waals surface area contributed by atoms with Crippen LogP contribution in [0.15, 0.2) is 17.5 Å². The summed E-state index contributed by atoms with van der Waals surface area (Å²) >= 11 is 1.80. The first-order valence-electron chi connectivity index (χ1n) is 5.68. The van der Waals surface area contributed by atoms with E-state index in [-0.39, 0.29) is 6.10 Å². The van der Waals surface area contributed by atoms with Crippen LogP contribution in [0.5, 0.6) is 0 Å². The molecule has 2 N–H and O–H groups in total. The molecule has 2 unspecified atom stereocenters. The Morgan fingerprint density at radius 1 is 1.56 bits per heavy atom. The monoisotopic (exact) mass is 242 g/mol. The van der Waals surface area contributed by atoms with Gasteiger partial charge in [-0.05, 0) is 38.9 Å². The average Bonchev–Trinajstić information content (AvgIpc) is 2.70. The molecule has 0 amide bonds. The van der Waals surface area contributed by atoms with Gasteiger partial charge in [0.2, 0.25) is 0 Å². The van der Waals surface area contributed by atoms with Gasteiger partial charge in [0.25, 0.3) is 0 Å². The van der Waals surface area contributed by atoms with Crippen LogP contribution in [0.2, 0.25) is 0 Å². The van der Waals surface area contributed by atoms with E-state index in [0.29, 0.717) is 19.1 Å². The third-order valence-corrected chi connectivity index (χ3v) is 3.67. The van der Waals surface area contributed by atoms with Gasteiger partial charge in [-0.15, -0.1) is 11.3 Å². The summed E-state index contributed by atoms with van der Waals surface area (Å²) in [6, 6.07) is 4.71. The lowest BCUT2D eigenvalue weighted by Gasteiger charge is -2.26. The van der Waals surface area contributed by atoms with Crippen molar-refractivity contribution in [2.45, 2.75) is 25.5 Å². The van der Waals surface area contributed by atoms with Gasteiger partial charge >= 0.3 is 0 Å². The highest BCUT2D eigenvalue weighted by Gasteiger charge is 2.14. The van der Waals surface area contributed by atoms with Crippen molar-refractivity contribution in [3.8, 4) is 0 Å². The second kappa shape index (κ2) is 7.01. The number of nitrogens with one attached hydrogen (secondary N) is 1. The number of aliphatic hydroxyl groups is 1. The van der Waals surface area contributed by atoms with Crippen molar-refractivity contribution in [2.75, 3.05) is 27.2 Å². The first kappa shape index (κ1) is 13.6. The molecule has 4 heteroatoms. The summed E-state index contributed by atoms with van der Waals surface area (Å²) < 4.78 is 0. The SMILES string of the molecule is CNCC(O)CN(C)C(C)Cc1cccs1. The summed E-state index contributed by atoms with van der Waals surface area (Å²) in [6.07, 6.45) is 0.765. The van der Waals surface area contributed by atoms with E-state index in [9.17, 15) is 5.11 Å². The predicted octanol–water partition coefficient (Wildman–Crippen LogP) is 1.19. The molecular formula is C12H22N2OS. The molecular weight excluding hydrogens is 220 g/mol. The molecule has 0 aliphatic heterocycles. The Hall–Kier alpha value is -0.420. The summed E-state index contributed by atoms with van der Waals surface area (Å²) in [7, 11) is 3.93. The van der Waals surface area contributed by atoms with E-state index in [4.69, 9.17) is 0 Å². The fraction of sp³-hybridized carbons (Fsp3) is 0.667. The van der Waals surface area contributed by atoms with Gasteiger partial charge in [-0.2, -0.15) is 0 Å². The fourth-order valence-electron chi connectivity index (χ4n) is 1.69. The van der Waals surface area contributed by atoms with E-state index < -0.39 is 0 Å². The first-order valence-corrected chi connectivity index (χ1v) is 6.56. The van der Waals surface area contributed by atoms with E-state index in [1.165, 1.54) is 4.88 Å². The summed E-state index contributed by atoms with van der Waals surface area (Å²) in [5.74, 6) is 0. The molecule has 16 heavy (non-hydrogen) atoms. The topological polar surface area (TPSA) is 35.5 Å². The Bertz CT molecular complexity index is 277. The van der Waals surface area contributed by atoms with Gasteiger partial charge in [-0.25, -0.2) is 0 Å². The zero-order valence-corrected chi connectivity index (χ0v) is 11.1. The summed E-state index contributed by atoms with van der Waals surface area (Å²) in [5, 5.41) is 14.8. The molecule has 1 rings (SSSR count). The highest BCUT2D eigenvalue weighted by Crippen LogP contribution is 2.13. The Balaban J connectivity index is 2.32. The van der Waals surface area contributed by atoms with E-state index >= 15 is 0 Å². The molecule has 0 aliphatic carbocycles. The molecule has 0 radical (unpaired) electrons. The zero-order valence-electron chi connectivity index (χ0n) is 10.3. The van der Waals surface area contributed by atoms with Crippen molar-refractivity contribution < 1.29 is 5.11 Å². The van der Waals surface area contributed by atoms with E-state index in [0.717, 1.165) is 6.42 Å². The number of hydrogen-bond donors (Lipinski definition) is 2. The molecule has 2 atom stereocenters. The highest BCUT2D eigenvalue weighted by molar-refractivity contribution is 7.09. The van der Waals surface area contributed by atoms with Gasteiger partial charge in [-0.3, -0.25) is 0 Å². The Morgan fingerprint density at radius 3 is 2.88 bits per heavy atom. The van der Waals surface area contributed by atoms with Crippen LogP contribution >= 0.6 is 11.3 Å². The standard InChI is InChI=1S/C12H22N2OS/c1-10(7-12-5-4-6-16-12)14(3)9-11(15)8-13-2/h4-6,10-11,13,15H,7-9H2,1-3H3. The summed E-state index contributed by atoms with van der Waals surface area (Å²) in [4.78, 5) is 3.62. The number of rotatable bonds is 7. The smallest absolute Gasteiger partial charge is 0.0791 e. The van der Waals surface area contributed by atoms with Crippen molar-refractivity contribution in [3.63, 3.8) is 0 Å². The molecule has 0 saturated heterocycles. The molecule has 92 valence electrons. The van der Waals surface area contributed by atoms with Gasteiger partial charge in [-0.1, -0.05) is 6.07 Å². The van der Waals surface area contributed by atoms with E-state index in [1.807, 2.05) is 7.05 Å². The minimum atomic E-state index is -0.291. The van der Waals surface area contributed by atoms with Crippen molar-refractivity contribution in [2.24, 2.45) is 0 Å². The maximum atomic E-state index is 9.69. The van der Waals surface area contributed by atoms with Gasteiger partial charge < -0.3 is 15.3 Å². The maximum Gasteiger partial charge on any atom is 0.0791 e. The molecule has 1 aromatic heterocycles. The van der Waals surface area contributed by atoms with Gasteiger partial charge in [0.15, 0.2) is 0 Å². The van der Waals surface area contributed by atoms with Gasteiger partial charge in [0.1, 0.15) is 0 Å². The van der Waals surface area contributed by atoms with Crippen LogP contribution in [0, 0.1) is 0 Å². The third-order valence-electron chi connectivity index (χ3n) is 2.77. The lowest BCUT2D eigenvalue weighted by Crippen LogP contribution is -2.40. The van der Waals surface area contributed by atoms with Crippen molar-refractivity contribution >= 4 is 11.3 Å². The van der Waals surface area contributed by atoms with Crippen molar-refractivity contribution in [3.05, 3.63) is 22.4 Å². The molecule has 3 nitrogen and oxygen atoms in total. The van der Waals surface area contributed by atoms with Crippen LogP contribution < -0.4 is 5.32 Å². The van der Waals surface area contributed by atoms with Crippen LogP contribution in [-0.2, 0) is 6.42 Å². The number of hydrogen-bond acceptors (Lipinski definition) is 4. The summed E-state index contributed by atoms with van der Waals surface area (Å²) in [5.41, 5.74) is 0. The largest absolute Gasteiger partial charge is 0.390 e. The molecule has 0 saturated carbocycles. The first-order chi connectivity index (χ1) is 7.63. The number of thiophene rings is 1. The third kappa shape index (κ3) is 4.61. The van der Waals surface area contributed by atoms with Crippen LogP contribution in [0.1, 0.15) is 11.8 Å². The minimum Gasteiger partial charge on any atom is -0.390 e. The van der Waals surface area contributed by atoms with Crippen LogP contribution in [-0.4, -0.2) is 49.3 Å². The van der Waals surface area contributed by atoms with Crippen molar-refractivity contribution in [1.82, 2.24) is 10.2 Å². The fourth-order valence-corrected chi connectivity index (χ4v) is 2.51. The Labute approximate surface area is 102 Å². The van der Waals surface area contributed by atoms with E-state index in [2.05, 4.69) is 41.7 Å². The lowest BCUT2D eigenvalue weighted by molar-refractivity contribution is 0.108. The predicted molar refractivity (Wildman–Crippen MR) is 70.0 cm³/mol. The second-order valence-corrected chi connectivity index (χ2v) is 5.32. The Kier molecular flexibility index (Phi) is 5.98. The lowest BCUT2D eigenvalue weighted by atomic mass is 10.1. The quantitative estimate of drug-likeness (QED) is 0.754. The molecule has 0 spiro atoms. The number of likely N-dealkylation sites (N-methyl/N-ethyl adjacent to an activating group) is 2. The van der Waals surface area contributed by atoms with Crippen molar-refractivity contribution in [1.29, 1.82) is 0 Å². The second-order valence-electron chi connectivity index (χ2n) is 4.28. The molecule has 0 aliphatic rings. The Morgan fingerprint density at radius 2 is 2.31 bits per heavy atom. The molecule has 0 aromatic carbocycles. The summed E-state index contributed by atoms with van der Waals surface area (Å²) in [6.45, 7) is 3.56. The highest BCUT2D eigenvalue weighted by atomic mass is 32.1. The van der Waals surface area contributed by atoms with Gasteiger partial charge in [0, 0.05) is 24.0 Å². The zero-order chi connectivity index (χ0) is 12.0. The average molecular weight is 242 g/mol. The van der Waals surface area contributed by atoms with Crippen LogP contribution in [0.3, 0.4) is 0 Å². The number of aliphatic hydroxyl groups excluding tert-OH is 1. The van der Waals surface area contributed by atoms with E-state index in [1.54, 1.807) is 11.3 Å². The van der Waals surface area contributed by atoms with Crippen LogP contribution in [0.25, 0.3) is 0 Å². The maximum absolute atomic E-state index is 9.69. The number of nitrogens with zero attached hydrogens (tertiary/aromatic N) is 1. The van der Waals surface area contributed by atoms with Gasteiger partial charge in [0.05, 0.1) is 6.10 Å². The molecule has 0 fully saturated rings.